The fourth-order valence-corrected chi connectivity index (χ4v) is 3.27. The molecule has 1 aromatic heterocycles. The number of benzene rings is 1. The molecule has 0 spiro atoms. The fourth-order valence-electron chi connectivity index (χ4n) is 2.93. The Morgan fingerprint density at radius 3 is 2.55 bits per heavy atom. The highest BCUT2D eigenvalue weighted by Gasteiger charge is 2.48. The Morgan fingerprint density at radius 2 is 1.97 bits per heavy atom. The Kier molecular flexibility index (Phi) is 6.59. The third kappa shape index (κ3) is 5.38. The summed E-state index contributed by atoms with van der Waals surface area (Å²) in [5, 5.41) is 13.0. The average molecular weight is 457 g/mol. The number of hydrogen-bond donors (Lipinski definition) is 6. The molecule has 31 heavy (non-hydrogen) atoms. The Balaban J connectivity index is 1.83. The lowest BCUT2D eigenvalue weighted by atomic mass is 10.1. The maximum absolute atomic E-state index is 12.3. The van der Waals surface area contributed by atoms with Gasteiger partial charge in [0.2, 0.25) is 0 Å². The van der Waals surface area contributed by atoms with Crippen molar-refractivity contribution in [3.8, 4) is 0 Å². The molecule has 0 radical (unpaired) electrons. The van der Waals surface area contributed by atoms with Crippen LogP contribution in [0, 0.1) is 0 Å². The topological polar surface area (TPSA) is 221 Å². The van der Waals surface area contributed by atoms with Crippen LogP contribution in [0.2, 0.25) is 0 Å². The first-order valence-electron chi connectivity index (χ1n) is 8.75. The third-order valence-electron chi connectivity index (χ3n) is 4.32. The lowest BCUT2D eigenvalue weighted by molar-refractivity contribution is -0.0520. The van der Waals surface area contributed by atoms with Gasteiger partial charge < -0.3 is 35.8 Å². The highest BCUT2D eigenvalue weighted by Crippen LogP contribution is 2.39. The molecule has 1 aromatic carbocycles. The number of anilines is 2. The number of aliphatic hydroxyl groups excluding tert-OH is 1. The number of amides is 2. The molecular formula is C16H20N5O9P. The van der Waals surface area contributed by atoms with E-state index >= 15 is 0 Å². The van der Waals surface area contributed by atoms with Crippen molar-refractivity contribution in [3.63, 3.8) is 0 Å². The van der Waals surface area contributed by atoms with Crippen LogP contribution in [0.3, 0.4) is 0 Å². The van der Waals surface area contributed by atoms with Crippen LogP contribution in [0.5, 0.6) is 0 Å². The second-order valence-corrected chi connectivity index (χ2v) is 7.69. The lowest BCUT2D eigenvalue weighted by Gasteiger charge is -2.22. The normalized spacial score (nSPS) is 23.5. The van der Waals surface area contributed by atoms with E-state index in [4.69, 9.17) is 30.7 Å². The number of primary amides is 1. The number of carbonyl (C=O) groups excluding carboxylic acids is 2. The quantitative estimate of drug-likeness (QED) is 0.292. The van der Waals surface area contributed by atoms with Crippen molar-refractivity contribution < 1.29 is 43.0 Å². The number of phosphoric acid groups is 1. The third-order valence-corrected chi connectivity index (χ3v) is 4.81. The molecule has 0 saturated carbocycles. The largest absolute Gasteiger partial charge is 0.469 e. The van der Waals surface area contributed by atoms with Crippen LogP contribution in [-0.4, -0.2) is 61.4 Å². The number of rotatable bonds is 7. The minimum atomic E-state index is -4.86. The maximum atomic E-state index is 12.3. The molecule has 15 heteroatoms. The number of ether oxygens (including phenoxy) is 2. The van der Waals surface area contributed by atoms with Crippen LogP contribution in [0.25, 0.3) is 0 Å². The molecule has 2 amide bonds. The van der Waals surface area contributed by atoms with Crippen LogP contribution in [0.1, 0.15) is 16.7 Å². The molecule has 0 aliphatic carbocycles. The second-order valence-electron chi connectivity index (χ2n) is 6.45. The number of carbonyl (C=O) groups is 2. The van der Waals surface area contributed by atoms with Gasteiger partial charge in [0.1, 0.15) is 18.0 Å². The van der Waals surface area contributed by atoms with Gasteiger partial charge in [-0.2, -0.15) is 0 Å². The Morgan fingerprint density at radius 1 is 1.29 bits per heavy atom. The Labute approximate surface area is 175 Å². The van der Waals surface area contributed by atoms with E-state index in [1.807, 2.05) is 0 Å². The molecule has 4 atom stereocenters. The number of nitrogens with zero attached hydrogens (tertiary/aromatic N) is 2. The fraction of sp³-hybridized carbons (Fsp3) is 0.312. The molecule has 168 valence electrons. The number of aromatic nitrogens is 2. The molecule has 8 N–H and O–H groups in total. The van der Waals surface area contributed by atoms with Gasteiger partial charge in [-0.1, -0.05) is 18.2 Å². The summed E-state index contributed by atoms with van der Waals surface area (Å²) >= 11 is 0. The number of phosphoric ester groups is 1. The van der Waals surface area contributed by atoms with Crippen molar-refractivity contribution in [2.45, 2.75) is 24.5 Å². The van der Waals surface area contributed by atoms with Gasteiger partial charge in [-0.3, -0.25) is 19.2 Å². The van der Waals surface area contributed by atoms with Crippen molar-refractivity contribution in [3.05, 3.63) is 42.4 Å². The van der Waals surface area contributed by atoms with E-state index in [-0.39, 0.29) is 11.5 Å². The van der Waals surface area contributed by atoms with Gasteiger partial charge in [0.25, 0.3) is 5.91 Å². The molecule has 14 nitrogen and oxygen atoms in total. The van der Waals surface area contributed by atoms with E-state index in [9.17, 15) is 19.3 Å². The zero-order valence-electron chi connectivity index (χ0n) is 15.8. The van der Waals surface area contributed by atoms with Crippen LogP contribution in [-0.2, 0) is 18.6 Å². The molecule has 0 bridgehead atoms. The molecule has 3 rings (SSSR count). The summed E-state index contributed by atoms with van der Waals surface area (Å²) in [5.74, 6) is -1.14. The number of nitrogen functional groups attached to an aromatic ring is 1. The van der Waals surface area contributed by atoms with Gasteiger partial charge in [0.05, 0.1) is 12.9 Å². The zero-order valence-corrected chi connectivity index (χ0v) is 16.7. The number of nitrogens with two attached hydrogens (primary N) is 2. The van der Waals surface area contributed by atoms with E-state index in [2.05, 4.69) is 14.8 Å². The van der Waals surface area contributed by atoms with Gasteiger partial charge in [0, 0.05) is 5.69 Å². The predicted molar refractivity (Wildman–Crippen MR) is 103 cm³/mol. The Bertz CT molecular complexity index is 995. The minimum absolute atomic E-state index is 0.224. The summed E-state index contributed by atoms with van der Waals surface area (Å²) in [7, 11) is -4.86. The van der Waals surface area contributed by atoms with Gasteiger partial charge in [0.15, 0.2) is 18.0 Å². The first kappa shape index (κ1) is 22.7. The van der Waals surface area contributed by atoms with Crippen molar-refractivity contribution in [2.24, 2.45) is 5.73 Å². The molecule has 0 unspecified atom stereocenters. The molecule has 2 aromatic rings. The predicted octanol–water partition coefficient (Wildman–Crippen LogP) is -0.451. The molecule has 2 heterocycles. The summed E-state index contributed by atoms with van der Waals surface area (Å²) in [6.45, 7) is -0.723. The highest BCUT2D eigenvalue weighted by molar-refractivity contribution is 7.46. The number of imidazole rings is 1. The first-order valence-corrected chi connectivity index (χ1v) is 10.3. The summed E-state index contributed by atoms with van der Waals surface area (Å²) in [4.78, 5) is 45.3. The number of aliphatic hydroxyl groups is 1. The maximum Gasteiger partial charge on any atom is 0.469 e. The van der Waals surface area contributed by atoms with Crippen molar-refractivity contribution in [1.29, 1.82) is 0 Å². The summed E-state index contributed by atoms with van der Waals surface area (Å²) in [6, 6.07) is 8.30. The minimum Gasteiger partial charge on any atom is -0.438 e. The van der Waals surface area contributed by atoms with E-state index in [1.54, 1.807) is 30.3 Å². The number of nitrogens with one attached hydrogen (secondary N) is 1. The number of para-hydroxylation sites is 1. The van der Waals surface area contributed by atoms with Crippen LogP contribution >= 0.6 is 7.82 Å². The second kappa shape index (κ2) is 9.01. The van der Waals surface area contributed by atoms with Gasteiger partial charge in [-0.25, -0.2) is 14.3 Å². The number of hydrogen-bond acceptors (Lipinski definition) is 9. The van der Waals surface area contributed by atoms with Crippen molar-refractivity contribution in [2.75, 3.05) is 17.7 Å². The molecule has 1 fully saturated rings. The van der Waals surface area contributed by atoms with Crippen molar-refractivity contribution >= 4 is 31.3 Å². The Hall–Kier alpha value is -3.00. The average Bonchev–Trinajstić information content (AvgIpc) is 3.21. The standard InChI is InChI=1S/C16H20N5O9P/c17-13-10(14(18)23)19-7-21(13)15-12(11(22)9(29-15)6-28-31(25,26)27)30-16(24)20-8-4-2-1-3-5-8/h1-5,7,9,11-12,15,22H,6,17H2,(H2,18,23)(H,20,24)(H2,25,26,27)/t9-,11-,12-,15-/m1/s1. The van der Waals surface area contributed by atoms with Crippen LogP contribution in [0.4, 0.5) is 16.3 Å². The van der Waals surface area contributed by atoms with E-state index in [1.165, 1.54) is 0 Å². The summed E-state index contributed by atoms with van der Waals surface area (Å²) < 4.78 is 27.3. The van der Waals surface area contributed by atoms with Gasteiger partial charge >= 0.3 is 13.9 Å². The smallest absolute Gasteiger partial charge is 0.438 e. The molecule has 1 aliphatic heterocycles. The SMILES string of the molecule is NC(=O)c1ncn([C@@H]2O[C@H](COP(=O)(O)O)[C@@H](O)[C@H]2OC(=O)Nc2ccccc2)c1N. The summed E-state index contributed by atoms with van der Waals surface area (Å²) in [5.41, 5.74) is 11.2. The zero-order chi connectivity index (χ0) is 22.8. The van der Waals surface area contributed by atoms with Crippen LogP contribution < -0.4 is 16.8 Å². The van der Waals surface area contributed by atoms with Gasteiger partial charge in [-0.15, -0.1) is 0 Å². The van der Waals surface area contributed by atoms with Crippen molar-refractivity contribution in [1.82, 2.24) is 9.55 Å². The van der Waals surface area contributed by atoms with E-state index < -0.39 is 51.0 Å². The molecule has 1 aliphatic rings. The summed E-state index contributed by atoms with van der Waals surface area (Å²) in [6.07, 6.45) is -5.46. The molecule has 1 saturated heterocycles. The first-order chi connectivity index (χ1) is 14.6. The van der Waals surface area contributed by atoms with Gasteiger partial charge in [-0.05, 0) is 12.1 Å². The van der Waals surface area contributed by atoms with E-state index in [0.717, 1.165) is 10.9 Å². The van der Waals surface area contributed by atoms with Crippen LogP contribution in [0.15, 0.2) is 36.7 Å². The monoisotopic (exact) mass is 457 g/mol. The molecular weight excluding hydrogens is 437 g/mol. The van der Waals surface area contributed by atoms with E-state index in [0.29, 0.717) is 5.69 Å². The lowest BCUT2D eigenvalue weighted by Crippen LogP contribution is -2.38. The highest BCUT2D eigenvalue weighted by atomic mass is 31.2.